The number of esters is 1. The van der Waals surface area contributed by atoms with Crippen molar-refractivity contribution in [3.63, 3.8) is 0 Å². The molecule has 1 amide bonds. The quantitative estimate of drug-likeness (QED) is 0.656. The van der Waals surface area contributed by atoms with E-state index in [1.54, 1.807) is 24.3 Å². The Morgan fingerprint density at radius 2 is 2.22 bits per heavy atom. The fraction of sp³-hybridized carbons (Fsp3) is 0.231. The summed E-state index contributed by atoms with van der Waals surface area (Å²) in [7, 11) is 1.31. The number of methoxy groups -OCH3 is 1. The predicted molar refractivity (Wildman–Crippen MR) is 70.1 cm³/mol. The SMILES string of the molecule is COC(=O)CCNC(=O)/C=C/c1cccc(Cl)c1. The Morgan fingerprint density at radius 1 is 1.44 bits per heavy atom. The molecule has 0 aliphatic rings. The van der Waals surface area contributed by atoms with Crippen LogP contribution in [0.15, 0.2) is 30.3 Å². The van der Waals surface area contributed by atoms with E-state index < -0.39 is 0 Å². The molecule has 1 aromatic carbocycles. The van der Waals surface area contributed by atoms with E-state index in [4.69, 9.17) is 11.6 Å². The number of carbonyl (C=O) groups is 2. The van der Waals surface area contributed by atoms with Crippen LogP contribution in [0.5, 0.6) is 0 Å². The highest BCUT2D eigenvalue weighted by atomic mass is 35.5. The summed E-state index contributed by atoms with van der Waals surface area (Å²) in [6.07, 6.45) is 3.20. The summed E-state index contributed by atoms with van der Waals surface area (Å²) in [6.45, 7) is 0.255. The first-order chi connectivity index (χ1) is 8.61. The van der Waals surface area contributed by atoms with Crippen LogP contribution in [0.25, 0.3) is 6.08 Å². The van der Waals surface area contributed by atoms with E-state index in [0.29, 0.717) is 5.02 Å². The highest BCUT2D eigenvalue weighted by Gasteiger charge is 2.00. The monoisotopic (exact) mass is 267 g/mol. The molecule has 0 aliphatic carbocycles. The van der Waals surface area contributed by atoms with Gasteiger partial charge in [0.25, 0.3) is 0 Å². The Balaban J connectivity index is 2.38. The first-order valence-corrected chi connectivity index (χ1v) is 5.78. The Hall–Kier alpha value is -1.81. The van der Waals surface area contributed by atoms with Crippen molar-refractivity contribution in [2.45, 2.75) is 6.42 Å². The van der Waals surface area contributed by atoms with E-state index in [1.165, 1.54) is 13.2 Å². The average molecular weight is 268 g/mol. The molecule has 0 saturated heterocycles. The van der Waals surface area contributed by atoms with E-state index in [2.05, 4.69) is 10.1 Å². The van der Waals surface area contributed by atoms with Crippen LogP contribution in [0.3, 0.4) is 0 Å². The number of rotatable bonds is 5. The molecule has 1 rings (SSSR count). The Labute approximate surface area is 111 Å². The first kappa shape index (κ1) is 14.3. The molecule has 4 nitrogen and oxygen atoms in total. The predicted octanol–water partition coefficient (Wildman–Crippen LogP) is 2.03. The first-order valence-electron chi connectivity index (χ1n) is 5.40. The van der Waals surface area contributed by atoms with Crippen LogP contribution in [0, 0.1) is 0 Å². The molecule has 0 spiro atoms. The van der Waals surface area contributed by atoms with Gasteiger partial charge in [-0.15, -0.1) is 0 Å². The van der Waals surface area contributed by atoms with Gasteiger partial charge in [0.1, 0.15) is 0 Å². The minimum Gasteiger partial charge on any atom is -0.469 e. The topological polar surface area (TPSA) is 55.4 Å². The standard InChI is InChI=1S/C13H14ClNO3/c1-18-13(17)7-8-15-12(16)6-5-10-3-2-4-11(14)9-10/h2-6,9H,7-8H2,1H3,(H,15,16)/b6-5+. The highest BCUT2D eigenvalue weighted by Crippen LogP contribution is 2.11. The third-order valence-corrected chi connectivity index (χ3v) is 2.37. The number of benzene rings is 1. The zero-order valence-electron chi connectivity index (χ0n) is 9.98. The molecule has 0 unspecified atom stereocenters. The summed E-state index contributed by atoms with van der Waals surface area (Å²) in [6, 6.07) is 7.15. The molecule has 18 heavy (non-hydrogen) atoms. The maximum atomic E-state index is 11.4. The van der Waals surface area contributed by atoms with E-state index in [9.17, 15) is 9.59 Å². The molecule has 0 heterocycles. The normalized spacial score (nSPS) is 10.3. The fourth-order valence-electron chi connectivity index (χ4n) is 1.23. The van der Waals surface area contributed by atoms with E-state index in [1.807, 2.05) is 6.07 Å². The van der Waals surface area contributed by atoms with Gasteiger partial charge in [0.15, 0.2) is 0 Å². The number of hydrogen-bond acceptors (Lipinski definition) is 3. The van der Waals surface area contributed by atoms with Gasteiger partial charge in [0.2, 0.25) is 5.91 Å². The maximum Gasteiger partial charge on any atom is 0.307 e. The van der Waals surface area contributed by atoms with E-state index >= 15 is 0 Å². The second-order valence-corrected chi connectivity index (χ2v) is 3.94. The molecule has 0 saturated carbocycles. The summed E-state index contributed by atoms with van der Waals surface area (Å²) in [5.41, 5.74) is 0.839. The fourth-order valence-corrected chi connectivity index (χ4v) is 1.43. The molecule has 0 fully saturated rings. The molecule has 0 aliphatic heterocycles. The maximum absolute atomic E-state index is 11.4. The second-order valence-electron chi connectivity index (χ2n) is 3.51. The van der Waals surface area contributed by atoms with E-state index in [-0.39, 0.29) is 24.8 Å². The molecule has 0 bridgehead atoms. The van der Waals surface area contributed by atoms with Gasteiger partial charge in [-0.2, -0.15) is 0 Å². The number of ether oxygens (including phenoxy) is 1. The lowest BCUT2D eigenvalue weighted by molar-refractivity contribution is -0.140. The van der Waals surface area contributed by atoms with Crippen molar-refractivity contribution in [3.05, 3.63) is 40.9 Å². The number of nitrogens with one attached hydrogen (secondary N) is 1. The number of amides is 1. The van der Waals surface area contributed by atoms with Crippen molar-refractivity contribution in [2.75, 3.05) is 13.7 Å². The number of hydrogen-bond donors (Lipinski definition) is 1. The highest BCUT2D eigenvalue weighted by molar-refractivity contribution is 6.30. The van der Waals surface area contributed by atoms with Crippen molar-refractivity contribution >= 4 is 29.6 Å². The van der Waals surface area contributed by atoms with Crippen LogP contribution in [-0.4, -0.2) is 25.5 Å². The van der Waals surface area contributed by atoms with Gasteiger partial charge < -0.3 is 10.1 Å². The van der Waals surface area contributed by atoms with Crippen LogP contribution in [0.2, 0.25) is 5.02 Å². The molecule has 0 atom stereocenters. The van der Waals surface area contributed by atoms with Gasteiger partial charge in [0, 0.05) is 17.6 Å². The number of carbonyl (C=O) groups excluding carboxylic acids is 2. The molecule has 1 N–H and O–H groups in total. The van der Waals surface area contributed by atoms with Gasteiger partial charge in [-0.05, 0) is 23.8 Å². The van der Waals surface area contributed by atoms with Crippen LogP contribution in [-0.2, 0) is 14.3 Å². The summed E-state index contributed by atoms with van der Waals surface area (Å²) >= 11 is 5.81. The smallest absolute Gasteiger partial charge is 0.307 e. The zero-order chi connectivity index (χ0) is 13.4. The third kappa shape index (κ3) is 5.50. The number of halogens is 1. The average Bonchev–Trinajstić information content (AvgIpc) is 2.36. The Kier molecular flexibility index (Phi) is 5.94. The molecule has 5 heteroatoms. The summed E-state index contributed by atoms with van der Waals surface area (Å²) in [5.74, 6) is -0.618. The van der Waals surface area contributed by atoms with Gasteiger partial charge in [-0.1, -0.05) is 23.7 Å². The van der Waals surface area contributed by atoms with Gasteiger partial charge in [-0.25, -0.2) is 0 Å². The van der Waals surface area contributed by atoms with Crippen molar-refractivity contribution in [3.8, 4) is 0 Å². The minimum absolute atomic E-state index is 0.160. The molecule has 96 valence electrons. The van der Waals surface area contributed by atoms with E-state index in [0.717, 1.165) is 5.56 Å². The lowest BCUT2D eigenvalue weighted by Crippen LogP contribution is -2.24. The Bertz CT molecular complexity index is 457. The van der Waals surface area contributed by atoms with Crippen LogP contribution in [0.4, 0.5) is 0 Å². The van der Waals surface area contributed by atoms with Crippen molar-refractivity contribution in [2.24, 2.45) is 0 Å². The molecule has 0 radical (unpaired) electrons. The van der Waals surface area contributed by atoms with Gasteiger partial charge in [0.05, 0.1) is 13.5 Å². The van der Waals surface area contributed by atoms with Crippen LogP contribution < -0.4 is 5.32 Å². The summed E-state index contributed by atoms with van der Waals surface area (Å²) in [5, 5.41) is 3.19. The largest absolute Gasteiger partial charge is 0.469 e. The molecule has 0 aromatic heterocycles. The molecular weight excluding hydrogens is 254 g/mol. The van der Waals surface area contributed by atoms with Crippen LogP contribution in [0.1, 0.15) is 12.0 Å². The minimum atomic E-state index is -0.353. The van der Waals surface area contributed by atoms with Crippen molar-refractivity contribution < 1.29 is 14.3 Å². The second kappa shape index (κ2) is 7.50. The van der Waals surface area contributed by atoms with Gasteiger partial charge in [-0.3, -0.25) is 9.59 Å². The molecule has 1 aromatic rings. The lowest BCUT2D eigenvalue weighted by Gasteiger charge is -2.00. The Morgan fingerprint density at radius 3 is 2.89 bits per heavy atom. The van der Waals surface area contributed by atoms with Crippen molar-refractivity contribution in [1.29, 1.82) is 0 Å². The lowest BCUT2D eigenvalue weighted by atomic mass is 10.2. The zero-order valence-corrected chi connectivity index (χ0v) is 10.7. The van der Waals surface area contributed by atoms with Crippen molar-refractivity contribution in [1.82, 2.24) is 5.32 Å². The van der Waals surface area contributed by atoms with Crippen LogP contribution >= 0.6 is 11.6 Å². The summed E-state index contributed by atoms with van der Waals surface area (Å²) < 4.78 is 4.45. The van der Waals surface area contributed by atoms with Gasteiger partial charge >= 0.3 is 5.97 Å². The summed E-state index contributed by atoms with van der Waals surface area (Å²) in [4.78, 5) is 22.2. The molecular formula is C13H14ClNO3. The third-order valence-electron chi connectivity index (χ3n) is 2.13.